The van der Waals surface area contributed by atoms with E-state index in [0.29, 0.717) is 23.4 Å². The number of aryl methyl sites for hydroxylation is 1. The van der Waals surface area contributed by atoms with Crippen molar-refractivity contribution >= 4 is 33.7 Å². The number of amides is 1. The first-order valence-corrected chi connectivity index (χ1v) is 13.9. The third-order valence-corrected chi connectivity index (χ3v) is 8.00. The Morgan fingerprint density at radius 3 is 2.22 bits per heavy atom. The summed E-state index contributed by atoms with van der Waals surface area (Å²) in [6, 6.07) is 8.91. The number of nitrogens with zero attached hydrogens (tertiary/aromatic N) is 2. The molecule has 202 valence electrons. The molecular formula is C28H38N2O6S. The molecule has 8 nitrogen and oxygen atoms in total. The summed E-state index contributed by atoms with van der Waals surface area (Å²) in [6.07, 6.45) is 9.79. The second kappa shape index (κ2) is 13.8. The van der Waals surface area contributed by atoms with Gasteiger partial charge >= 0.3 is 5.97 Å². The van der Waals surface area contributed by atoms with Gasteiger partial charge in [0.15, 0.2) is 0 Å². The molecule has 0 aliphatic heterocycles. The van der Waals surface area contributed by atoms with Crippen molar-refractivity contribution in [3.8, 4) is 5.75 Å². The van der Waals surface area contributed by atoms with Crippen LogP contribution in [0.25, 0.3) is 6.08 Å². The maximum Gasteiger partial charge on any atom is 0.337 e. The molecule has 9 heteroatoms. The standard InChI is InChI=1S/C28H38N2O6S/c1-6-7-8-9-10-11-18-29(3)26(31)17-12-22-19-21(2)27(25(20-22)28(32)33)30(4)37(34,35)24-15-13-23(36-5)14-16-24/h12-17,19-20H,6-11,18H2,1-5H3,(H,32,33)/b17-12+. The lowest BCUT2D eigenvalue weighted by Crippen LogP contribution is -2.29. The second-order valence-corrected chi connectivity index (χ2v) is 11.0. The summed E-state index contributed by atoms with van der Waals surface area (Å²) in [5.74, 6) is -0.935. The number of carbonyl (C=O) groups excluding carboxylic acids is 1. The zero-order valence-corrected chi connectivity index (χ0v) is 23.2. The Morgan fingerprint density at radius 1 is 1.00 bits per heavy atom. The fourth-order valence-corrected chi connectivity index (χ4v) is 5.32. The van der Waals surface area contributed by atoms with Gasteiger partial charge in [0.05, 0.1) is 23.3 Å². The van der Waals surface area contributed by atoms with Gasteiger partial charge in [-0.05, 0) is 66.9 Å². The van der Waals surface area contributed by atoms with E-state index in [1.165, 1.54) is 69.8 Å². The molecule has 2 aromatic carbocycles. The number of hydrogen-bond acceptors (Lipinski definition) is 5. The number of carboxylic acid groups (broad SMARTS) is 1. The minimum absolute atomic E-state index is 0.00880. The molecule has 0 unspecified atom stereocenters. The predicted octanol–water partition coefficient (Wildman–Crippen LogP) is 5.36. The maximum atomic E-state index is 13.2. The highest BCUT2D eigenvalue weighted by molar-refractivity contribution is 7.92. The van der Waals surface area contributed by atoms with Crippen LogP contribution in [-0.4, -0.2) is 58.1 Å². The molecule has 1 N–H and O–H groups in total. The molecule has 2 rings (SSSR count). The van der Waals surface area contributed by atoms with Crippen molar-refractivity contribution in [1.29, 1.82) is 0 Å². The zero-order valence-electron chi connectivity index (χ0n) is 22.4. The molecule has 0 saturated carbocycles. The Hall–Kier alpha value is -3.33. The topological polar surface area (TPSA) is 104 Å². The lowest BCUT2D eigenvalue weighted by atomic mass is 10.0. The van der Waals surface area contributed by atoms with Gasteiger partial charge in [0, 0.05) is 26.7 Å². The summed E-state index contributed by atoms with van der Waals surface area (Å²) >= 11 is 0. The molecule has 0 bridgehead atoms. The van der Waals surface area contributed by atoms with Crippen molar-refractivity contribution in [1.82, 2.24) is 4.90 Å². The van der Waals surface area contributed by atoms with Crippen molar-refractivity contribution < 1.29 is 27.9 Å². The third-order valence-electron chi connectivity index (χ3n) is 6.23. The normalized spacial score (nSPS) is 11.5. The van der Waals surface area contributed by atoms with Crippen LogP contribution in [-0.2, 0) is 14.8 Å². The summed E-state index contributed by atoms with van der Waals surface area (Å²) in [5, 5.41) is 9.87. The van der Waals surface area contributed by atoms with Crippen molar-refractivity contribution in [2.45, 2.75) is 57.3 Å². The molecule has 0 heterocycles. The molecule has 0 atom stereocenters. The minimum atomic E-state index is -4.03. The number of carboxylic acids is 1. The highest BCUT2D eigenvalue weighted by Gasteiger charge is 2.27. The number of sulfonamides is 1. The summed E-state index contributed by atoms with van der Waals surface area (Å²) in [6.45, 7) is 4.48. The number of anilines is 1. The van der Waals surface area contributed by atoms with Gasteiger partial charge in [-0.1, -0.05) is 39.0 Å². The van der Waals surface area contributed by atoms with Crippen LogP contribution in [0.3, 0.4) is 0 Å². The summed E-state index contributed by atoms with van der Waals surface area (Å²) in [7, 11) is 0.524. The molecule has 0 fully saturated rings. The number of aromatic carboxylic acids is 1. The van der Waals surface area contributed by atoms with Crippen LogP contribution in [0.1, 0.15) is 66.9 Å². The molecule has 0 aliphatic rings. The van der Waals surface area contributed by atoms with Gasteiger partial charge in [0.1, 0.15) is 5.75 Å². The fraction of sp³-hybridized carbons (Fsp3) is 0.429. The Kier molecular flexibility index (Phi) is 11.2. The van der Waals surface area contributed by atoms with Gasteiger partial charge in [-0.3, -0.25) is 9.10 Å². The average Bonchev–Trinajstić information content (AvgIpc) is 2.88. The first-order valence-electron chi connectivity index (χ1n) is 12.5. The number of hydrogen-bond donors (Lipinski definition) is 1. The second-order valence-electron chi connectivity index (χ2n) is 9.05. The number of carbonyl (C=O) groups is 2. The molecule has 2 aromatic rings. The average molecular weight is 531 g/mol. The van der Waals surface area contributed by atoms with Crippen LogP contribution in [0, 0.1) is 6.92 Å². The highest BCUT2D eigenvalue weighted by Crippen LogP contribution is 2.31. The van der Waals surface area contributed by atoms with Gasteiger partial charge in [0.2, 0.25) is 5.91 Å². The number of rotatable bonds is 14. The van der Waals surface area contributed by atoms with E-state index >= 15 is 0 Å². The smallest absolute Gasteiger partial charge is 0.337 e. The first kappa shape index (κ1) is 29.9. The maximum absolute atomic E-state index is 13.2. The van der Waals surface area contributed by atoms with Crippen LogP contribution in [0.4, 0.5) is 5.69 Å². The van der Waals surface area contributed by atoms with Crippen LogP contribution in [0.15, 0.2) is 47.4 Å². The Balaban J connectivity index is 2.22. The zero-order chi connectivity index (χ0) is 27.6. The van der Waals surface area contributed by atoms with Gasteiger partial charge in [-0.25, -0.2) is 13.2 Å². The number of methoxy groups -OCH3 is 1. The molecule has 37 heavy (non-hydrogen) atoms. The van der Waals surface area contributed by atoms with E-state index in [4.69, 9.17) is 4.74 Å². The molecule has 1 amide bonds. The Bertz CT molecular complexity index is 1210. The van der Waals surface area contributed by atoms with Crippen molar-refractivity contribution in [2.75, 3.05) is 32.1 Å². The van der Waals surface area contributed by atoms with Crippen molar-refractivity contribution in [2.24, 2.45) is 0 Å². The van der Waals surface area contributed by atoms with E-state index in [-0.39, 0.29) is 22.1 Å². The van der Waals surface area contributed by atoms with Crippen LogP contribution >= 0.6 is 0 Å². The number of ether oxygens (including phenoxy) is 1. The van der Waals surface area contributed by atoms with E-state index in [9.17, 15) is 23.1 Å². The molecule has 0 aromatic heterocycles. The van der Waals surface area contributed by atoms with Crippen molar-refractivity contribution in [3.63, 3.8) is 0 Å². The molecule has 0 radical (unpaired) electrons. The lowest BCUT2D eigenvalue weighted by Gasteiger charge is -2.24. The third kappa shape index (κ3) is 8.08. The van der Waals surface area contributed by atoms with Crippen molar-refractivity contribution in [3.05, 3.63) is 59.2 Å². The summed E-state index contributed by atoms with van der Waals surface area (Å²) in [5.41, 5.74) is 0.835. The minimum Gasteiger partial charge on any atom is -0.497 e. The number of likely N-dealkylation sites (N-methyl/N-ethyl adjacent to an activating group) is 1. The van der Waals surface area contributed by atoms with E-state index in [1.54, 1.807) is 31.0 Å². The van der Waals surface area contributed by atoms with E-state index < -0.39 is 16.0 Å². The predicted molar refractivity (Wildman–Crippen MR) is 147 cm³/mol. The molecule has 0 spiro atoms. The summed E-state index contributed by atoms with van der Waals surface area (Å²) in [4.78, 5) is 26.3. The molecular weight excluding hydrogens is 492 g/mol. The van der Waals surface area contributed by atoms with Crippen LogP contribution in [0.5, 0.6) is 5.75 Å². The van der Waals surface area contributed by atoms with E-state index in [2.05, 4.69) is 6.92 Å². The largest absolute Gasteiger partial charge is 0.497 e. The SMILES string of the molecule is CCCCCCCCN(C)C(=O)/C=C/c1cc(C)c(N(C)S(=O)(=O)c2ccc(OC)cc2)c(C(=O)O)c1. The van der Waals surface area contributed by atoms with Gasteiger partial charge in [0.25, 0.3) is 10.0 Å². The number of unbranched alkanes of at least 4 members (excludes halogenated alkanes) is 5. The Labute approximate surface area is 220 Å². The quantitative estimate of drug-likeness (QED) is 0.261. The monoisotopic (exact) mass is 530 g/mol. The molecule has 0 aliphatic carbocycles. The molecule has 0 saturated heterocycles. The lowest BCUT2D eigenvalue weighted by molar-refractivity contribution is -0.124. The van der Waals surface area contributed by atoms with Crippen LogP contribution < -0.4 is 9.04 Å². The number of benzene rings is 2. The van der Waals surface area contributed by atoms with Gasteiger partial charge < -0.3 is 14.7 Å². The van der Waals surface area contributed by atoms with E-state index in [1.807, 2.05) is 0 Å². The summed E-state index contributed by atoms with van der Waals surface area (Å²) < 4.78 is 32.5. The van der Waals surface area contributed by atoms with Gasteiger partial charge in [-0.2, -0.15) is 0 Å². The van der Waals surface area contributed by atoms with Crippen LogP contribution in [0.2, 0.25) is 0 Å². The van der Waals surface area contributed by atoms with E-state index in [0.717, 1.165) is 23.6 Å². The highest BCUT2D eigenvalue weighted by atomic mass is 32.2. The fourth-order valence-electron chi connectivity index (χ4n) is 4.04. The first-order chi connectivity index (χ1) is 17.5. The van der Waals surface area contributed by atoms with Gasteiger partial charge in [-0.15, -0.1) is 0 Å². The Morgan fingerprint density at radius 2 is 1.62 bits per heavy atom.